The van der Waals surface area contributed by atoms with E-state index in [9.17, 15) is 13.2 Å². The Labute approximate surface area is 53.3 Å². The van der Waals surface area contributed by atoms with Crippen LogP contribution in [-0.2, 0) is 14.8 Å². The van der Waals surface area contributed by atoms with Gasteiger partial charge in [-0.25, -0.2) is 13.6 Å². The fraction of sp³-hybridized carbons (Fsp3) is 0.667. The van der Waals surface area contributed by atoms with Gasteiger partial charge in [-0.15, -0.1) is 0 Å². The first-order valence-electron chi connectivity index (χ1n) is 2.17. The SMILES string of the molecule is CC(=O)NCS(N)(=O)=O. The van der Waals surface area contributed by atoms with Crippen LogP contribution in [0.5, 0.6) is 0 Å². The third-order valence-corrected chi connectivity index (χ3v) is 1.07. The van der Waals surface area contributed by atoms with E-state index in [4.69, 9.17) is 0 Å². The maximum absolute atomic E-state index is 10.1. The Morgan fingerprint density at radius 1 is 1.67 bits per heavy atom. The summed E-state index contributed by atoms with van der Waals surface area (Å²) < 4.78 is 20.2. The van der Waals surface area contributed by atoms with Gasteiger partial charge in [-0.1, -0.05) is 0 Å². The zero-order valence-electron chi connectivity index (χ0n) is 4.92. The number of sulfonamides is 1. The molecule has 1 amide bonds. The third kappa shape index (κ3) is 7.38. The highest BCUT2D eigenvalue weighted by atomic mass is 32.2. The van der Waals surface area contributed by atoms with E-state index in [1.807, 2.05) is 5.32 Å². The molecule has 0 aromatic rings. The molecule has 0 radical (unpaired) electrons. The van der Waals surface area contributed by atoms with E-state index in [2.05, 4.69) is 5.14 Å². The molecule has 0 atom stereocenters. The molecule has 0 aliphatic carbocycles. The monoisotopic (exact) mass is 152 g/mol. The number of amides is 1. The van der Waals surface area contributed by atoms with Gasteiger partial charge in [0.1, 0.15) is 5.88 Å². The Kier molecular flexibility index (Phi) is 2.60. The Hall–Kier alpha value is -0.620. The lowest BCUT2D eigenvalue weighted by molar-refractivity contribution is -0.118. The average molecular weight is 152 g/mol. The van der Waals surface area contributed by atoms with E-state index >= 15 is 0 Å². The fourth-order valence-electron chi connectivity index (χ4n) is 0.202. The summed E-state index contributed by atoms with van der Waals surface area (Å²) in [6, 6.07) is 0. The van der Waals surface area contributed by atoms with E-state index in [-0.39, 0.29) is 0 Å². The van der Waals surface area contributed by atoms with Crippen LogP contribution >= 0.6 is 0 Å². The van der Waals surface area contributed by atoms with Crippen molar-refractivity contribution in [2.24, 2.45) is 5.14 Å². The summed E-state index contributed by atoms with van der Waals surface area (Å²) in [6.45, 7) is 1.21. The molecule has 0 aromatic carbocycles. The maximum atomic E-state index is 10.1. The number of carbonyl (C=O) groups excluding carboxylic acids is 1. The summed E-state index contributed by atoms with van der Waals surface area (Å²) >= 11 is 0. The minimum absolute atomic E-state index is 0.413. The minimum Gasteiger partial charge on any atom is -0.341 e. The van der Waals surface area contributed by atoms with Gasteiger partial charge in [0.15, 0.2) is 0 Å². The van der Waals surface area contributed by atoms with Gasteiger partial charge in [0, 0.05) is 6.92 Å². The van der Waals surface area contributed by atoms with Gasteiger partial charge in [-0.05, 0) is 0 Å². The normalized spacial score (nSPS) is 10.9. The number of hydrogen-bond acceptors (Lipinski definition) is 3. The molecule has 0 unspecified atom stereocenters. The van der Waals surface area contributed by atoms with Crippen molar-refractivity contribution in [3.8, 4) is 0 Å². The predicted molar refractivity (Wildman–Crippen MR) is 31.8 cm³/mol. The molecule has 0 saturated carbocycles. The highest BCUT2D eigenvalue weighted by Gasteiger charge is 2.00. The summed E-state index contributed by atoms with van der Waals surface area (Å²) in [4.78, 5) is 10.1. The molecule has 0 aromatic heterocycles. The van der Waals surface area contributed by atoms with Gasteiger partial charge in [-0.3, -0.25) is 4.79 Å². The topological polar surface area (TPSA) is 89.3 Å². The second-order valence-corrected chi connectivity index (χ2v) is 3.15. The van der Waals surface area contributed by atoms with Gasteiger partial charge < -0.3 is 5.32 Å². The van der Waals surface area contributed by atoms with Crippen LogP contribution in [0, 0.1) is 0 Å². The number of rotatable bonds is 2. The van der Waals surface area contributed by atoms with Crippen LogP contribution in [0.25, 0.3) is 0 Å². The van der Waals surface area contributed by atoms with E-state index in [1.54, 1.807) is 0 Å². The van der Waals surface area contributed by atoms with Gasteiger partial charge in [0.25, 0.3) is 0 Å². The van der Waals surface area contributed by atoms with E-state index in [0.717, 1.165) is 0 Å². The average Bonchev–Trinajstić information content (AvgIpc) is 1.59. The van der Waals surface area contributed by atoms with Crippen molar-refractivity contribution < 1.29 is 13.2 Å². The van der Waals surface area contributed by atoms with Crippen LogP contribution in [0.2, 0.25) is 0 Å². The molecule has 54 valence electrons. The number of primary sulfonamides is 1. The van der Waals surface area contributed by atoms with Crippen LogP contribution < -0.4 is 10.5 Å². The molecule has 9 heavy (non-hydrogen) atoms. The lowest BCUT2D eigenvalue weighted by Gasteiger charge is -1.96. The molecule has 0 rings (SSSR count). The first-order valence-corrected chi connectivity index (χ1v) is 3.88. The van der Waals surface area contributed by atoms with Crippen LogP contribution in [0.4, 0.5) is 0 Å². The van der Waals surface area contributed by atoms with Crippen molar-refractivity contribution >= 4 is 15.9 Å². The molecule has 0 aliphatic heterocycles. The zero-order chi connectivity index (χ0) is 7.49. The number of hydrogen-bond donors (Lipinski definition) is 2. The van der Waals surface area contributed by atoms with Crippen LogP contribution in [0.1, 0.15) is 6.92 Å². The molecule has 0 aliphatic rings. The van der Waals surface area contributed by atoms with Gasteiger partial charge in [0.2, 0.25) is 15.9 Å². The molecule has 0 fully saturated rings. The first-order chi connectivity index (χ1) is 3.92. The van der Waals surface area contributed by atoms with Gasteiger partial charge in [-0.2, -0.15) is 0 Å². The Morgan fingerprint density at radius 2 is 2.11 bits per heavy atom. The molecule has 5 nitrogen and oxygen atoms in total. The summed E-state index contributed by atoms with van der Waals surface area (Å²) in [5.41, 5.74) is 0. The lowest BCUT2D eigenvalue weighted by Crippen LogP contribution is -2.31. The van der Waals surface area contributed by atoms with Gasteiger partial charge in [0.05, 0.1) is 0 Å². The second kappa shape index (κ2) is 2.79. The van der Waals surface area contributed by atoms with Crippen molar-refractivity contribution in [3.63, 3.8) is 0 Å². The third-order valence-electron chi connectivity index (χ3n) is 0.522. The first kappa shape index (κ1) is 8.38. The molecular weight excluding hydrogens is 144 g/mol. The smallest absolute Gasteiger partial charge is 0.227 e. The molecule has 0 spiro atoms. The molecule has 0 heterocycles. The van der Waals surface area contributed by atoms with Crippen molar-refractivity contribution in [1.29, 1.82) is 0 Å². The molecule has 0 bridgehead atoms. The van der Waals surface area contributed by atoms with E-state index in [1.165, 1.54) is 6.92 Å². The number of carbonyl (C=O) groups is 1. The summed E-state index contributed by atoms with van der Waals surface area (Å²) in [7, 11) is -3.55. The standard InChI is InChI=1S/C3H8N2O3S/c1-3(6)5-2-9(4,7)8/h2H2,1H3,(H,5,6)(H2,4,7,8). The number of nitrogens with two attached hydrogens (primary N) is 1. The highest BCUT2D eigenvalue weighted by Crippen LogP contribution is 1.70. The highest BCUT2D eigenvalue weighted by molar-refractivity contribution is 7.89. The molecule has 6 heteroatoms. The quantitative estimate of drug-likeness (QED) is 0.497. The van der Waals surface area contributed by atoms with Gasteiger partial charge >= 0.3 is 0 Å². The Bertz CT molecular complexity index is 195. The second-order valence-electron chi connectivity index (χ2n) is 1.54. The number of nitrogens with one attached hydrogen (secondary N) is 1. The van der Waals surface area contributed by atoms with Crippen molar-refractivity contribution in [1.82, 2.24) is 5.32 Å². The van der Waals surface area contributed by atoms with E-state index in [0.29, 0.717) is 0 Å². The Balaban J connectivity index is 3.67. The van der Waals surface area contributed by atoms with Crippen molar-refractivity contribution in [2.75, 3.05) is 5.88 Å². The van der Waals surface area contributed by atoms with Crippen LogP contribution in [-0.4, -0.2) is 20.2 Å². The van der Waals surface area contributed by atoms with Crippen LogP contribution in [0.3, 0.4) is 0 Å². The molecule has 0 saturated heterocycles. The predicted octanol–water partition coefficient (Wildman–Crippen LogP) is -1.63. The fourth-order valence-corrected chi connectivity index (χ4v) is 0.607. The molecule has 3 N–H and O–H groups in total. The lowest BCUT2D eigenvalue weighted by atomic mass is 10.7. The van der Waals surface area contributed by atoms with E-state index < -0.39 is 21.8 Å². The maximum Gasteiger partial charge on any atom is 0.227 e. The summed E-state index contributed by atoms with van der Waals surface area (Å²) in [6.07, 6.45) is 0. The van der Waals surface area contributed by atoms with Crippen LogP contribution in [0.15, 0.2) is 0 Å². The minimum atomic E-state index is -3.55. The Morgan fingerprint density at radius 3 is 2.22 bits per heavy atom. The van der Waals surface area contributed by atoms with Crippen molar-refractivity contribution in [3.05, 3.63) is 0 Å². The summed E-state index contributed by atoms with van der Waals surface area (Å²) in [5.74, 6) is -0.911. The molecular formula is C3H8N2O3S. The zero-order valence-corrected chi connectivity index (χ0v) is 5.73. The van der Waals surface area contributed by atoms with Crippen molar-refractivity contribution in [2.45, 2.75) is 6.92 Å². The summed E-state index contributed by atoms with van der Waals surface area (Å²) in [5, 5.41) is 6.57. The largest absolute Gasteiger partial charge is 0.341 e.